The first-order valence-corrected chi connectivity index (χ1v) is 4.42. The molecule has 0 heterocycles. The molecule has 1 aromatic rings. The van der Waals surface area contributed by atoms with Crippen molar-refractivity contribution in [1.29, 1.82) is 5.26 Å². The van der Waals surface area contributed by atoms with Gasteiger partial charge in [0.15, 0.2) is 0 Å². The van der Waals surface area contributed by atoms with Gasteiger partial charge in [0.05, 0.1) is 11.6 Å². The van der Waals surface area contributed by atoms with Crippen LogP contribution in [0.4, 0.5) is 0 Å². The van der Waals surface area contributed by atoms with Crippen LogP contribution in [0.5, 0.6) is 0 Å². The molecular weight excluding hydrogens is 233 g/mol. The average Bonchev–Trinajstić information content (AvgIpc) is 2.02. The Balaban J connectivity index is 3.41. The number of benzene rings is 1. The van der Waals surface area contributed by atoms with Gasteiger partial charge in [0, 0.05) is 9.94 Å². The molecule has 5 heteroatoms. The van der Waals surface area contributed by atoms with Crippen molar-refractivity contribution in [2.75, 3.05) is 0 Å². The van der Waals surface area contributed by atoms with Gasteiger partial charge in [-0.2, -0.15) is 5.26 Å². The summed E-state index contributed by atoms with van der Waals surface area (Å²) in [5.74, 6) is 0. The first-order chi connectivity index (χ1) is 6.06. The molecule has 2 N–H and O–H groups in total. The normalized spacial score (nSPS) is 9.46. The molecule has 0 radical (unpaired) electrons. The standard InChI is InChI=1S/C8H7BBrNO2/c1-5-2-6(10)3-8(9(12)13)7(5)4-11/h2-3,12-13H,1H3. The molecule has 1 aromatic carbocycles. The molecule has 3 nitrogen and oxygen atoms in total. The number of rotatable bonds is 1. The van der Waals surface area contributed by atoms with E-state index >= 15 is 0 Å². The fraction of sp³-hybridized carbons (Fsp3) is 0.125. The van der Waals surface area contributed by atoms with Crippen molar-refractivity contribution in [2.24, 2.45) is 0 Å². The number of hydrogen-bond acceptors (Lipinski definition) is 3. The van der Waals surface area contributed by atoms with Gasteiger partial charge < -0.3 is 10.0 Å². The van der Waals surface area contributed by atoms with Crippen molar-refractivity contribution in [3.05, 3.63) is 27.7 Å². The molecule has 0 bridgehead atoms. The monoisotopic (exact) mass is 239 g/mol. The Labute approximate surface area is 84.9 Å². The molecule has 0 amide bonds. The van der Waals surface area contributed by atoms with Gasteiger partial charge in [0.25, 0.3) is 0 Å². The van der Waals surface area contributed by atoms with Gasteiger partial charge in [0.1, 0.15) is 0 Å². The lowest BCUT2D eigenvalue weighted by Gasteiger charge is -2.06. The fourth-order valence-electron chi connectivity index (χ4n) is 1.13. The Bertz CT molecular complexity index is 373. The zero-order chi connectivity index (χ0) is 10.0. The molecule has 0 aromatic heterocycles. The molecule has 0 fully saturated rings. The molecule has 1 rings (SSSR count). The molecule has 0 aliphatic rings. The lowest BCUT2D eigenvalue weighted by molar-refractivity contribution is 0.425. The van der Waals surface area contributed by atoms with Gasteiger partial charge in [0.2, 0.25) is 0 Å². The van der Waals surface area contributed by atoms with E-state index in [1.807, 2.05) is 6.07 Å². The van der Waals surface area contributed by atoms with Crippen molar-refractivity contribution in [3.8, 4) is 6.07 Å². The Morgan fingerprint density at radius 2 is 2.08 bits per heavy atom. The van der Waals surface area contributed by atoms with E-state index in [-0.39, 0.29) is 5.46 Å². The summed E-state index contributed by atoms with van der Waals surface area (Å²) in [6.45, 7) is 1.75. The van der Waals surface area contributed by atoms with Crippen molar-refractivity contribution in [3.63, 3.8) is 0 Å². The third-order valence-electron chi connectivity index (χ3n) is 1.72. The number of hydrogen-bond donors (Lipinski definition) is 2. The van der Waals surface area contributed by atoms with Crippen molar-refractivity contribution in [1.82, 2.24) is 0 Å². The van der Waals surface area contributed by atoms with Gasteiger partial charge in [-0.3, -0.25) is 0 Å². The minimum absolute atomic E-state index is 0.231. The van der Waals surface area contributed by atoms with Crippen LogP contribution in [0, 0.1) is 18.3 Å². The van der Waals surface area contributed by atoms with Crippen LogP contribution in [0.1, 0.15) is 11.1 Å². The SMILES string of the molecule is Cc1cc(Br)cc(B(O)O)c1C#N. The van der Waals surface area contributed by atoms with Crippen molar-refractivity contribution < 1.29 is 10.0 Å². The summed E-state index contributed by atoms with van der Waals surface area (Å²) >= 11 is 3.21. The molecule has 66 valence electrons. The zero-order valence-corrected chi connectivity index (χ0v) is 8.54. The second-order valence-corrected chi connectivity index (χ2v) is 3.59. The maximum Gasteiger partial charge on any atom is 0.489 e. The van der Waals surface area contributed by atoms with E-state index in [1.54, 1.807) is 13.0 Å². The summed E-state index contributed by atoms with van der Waals surface area (Å²) < 4.78 is 0.729. The van der Waals surface area contributed by atoms with Gasteiger partial charge in [-0.15, -0.1) is 0 Å². The van der Waals surface area contributed by atoms with Crippen LogP contribution in [-0.4, -0.2) is 17.2 Å². The fourth-order valence-corrected chi connectivity index (χ4v) is 1.72. The number of halogens is 1. The summed E-state index contributed by atoms with van der Waals surface area (Å²) in [6, 6.07) is 5.21. The predicted molar refractivity (Wildman–Crippen MR) is 53.4 cm³/mol. The predicted octanol–water partition coefficient (Wildman–Crippen LogP) is 0.309. The van der Waals surface area contributed by atoms with Gasteiger partial charge in [-0.1, -0.05) is 15.9 Å². The largest absolute Gasteiger partial charge is 0.489 e. The van der Waals surface area contributed by atoms with E-state index in [0.717, 1.165) is 10.0 Å². The Morgan fingerprint density at radius 1 is 1.46 bits per heavy atom. The maximum atomic E-state index is 8.97. The summed E-state index contributed by atoms with van der Waals surface area (Å²) in [7, 11) is -1.61. The lowest BCUT2D eigenvalue weighted by Crippen LogP contribution is -2.33. The van der Waals surface area contributed by atoms with Gasteiger partial charge in [-0.25, -0.2) is 0 Å². The molecule has 0 aliphatic carbocycles. The first-order valence-electron chi connectivity index (χ1n) is 3.62. The highest BCUT2D eigenvalue weighted by molar-refractivity contribution is 9.10. The van der Waals surface area contributed by atoms with E-state index in [2.05, 4.69) is 15.9 Å². The molecule has 0 saturated carbocycles. The van der Waals surface area contributed by atoms with Crippen LogP contribution in [-0.2, 0) is 0 Å². The second kappa shape index (κ2) is 3.92. The molecule has 0 spiro atoms. The Hall–Kier alpha value is -0.825. The summed E-state index contributed by atoms with van der Waals surface area (Å²) in [4.78, 5) is 0. The van der Waals surface area contributed by atoms with Crippen molar-refractivity contribution in [2.45, 2.75) is 6.92 Å². The second-order valence-electron chi connectivity index (χ2n) is 2.67. The molecule has 0 saturated heterocycles. The van der Waals surface area contributed by atoms with Crippen LogP contribution in [0.3, 0.4) is 0 Å². The Kier molecular flexibility index (Phi) is 3.09. The van der Waals surface area contributed by atoms with Crippen molar-refractivity contribution >= 4 is 28.5 Å². The highest BCUT2D eigenvalue weighted by Crippen LogP contribution is 2.13. The van der Waals surface area contributed by atoms with Crippen LogP contribution in [0.15, 0.2) is 16.6 Å². The minimum atomic E-state index is -1.61. The van der Waals surface area contributed by atoms with Gasteiger partial charge in [-0.05, 0) is 24.6 Å². The number of nitriles is 1. The molecule has 0 aliphatic heterocycles. The molecular formula is C8H7BBrNO2. The summed E-state index contributed by atoms with van der Waals surface area (Å²) in [5, 5.41) is 26.7. The number of aryl methyl sites for hydroxylation is 1. The average molecular weight is 240 g/mol. The zero-order valence-electron chi connectivity index (χ0n) is 6.95. The quantitative estimate of drug-likeness (QED) is 0.694. The van der Waals surface area contributed by atoms with E-state index < -0.39 is 7.12 Å². The van der Waals surface area contributed by atoms with Gasteiger partial charge >= 0.3 is 7.12 Å². The van der Waals surface area contributed by atoms with Crippen LogP contribution in [0.2, 0.25) is 0 Å². The highest BCUT2D eigenvalue weighted by atomic mass is 79.9. The van der Waals surface area contributed by atoms with E-state index in [4.69, 9.17) is 15.3 Å². The maximum absolute atomic E-state index is 8.97. The highest BCUT2D eigenvalue weighted by Gasteiger charge is 2.18. The molecule has 13 heavy (non-hydrogen) atoms. The van der Waals surface area contributed by atoms with E-state index in [9.17, 15) is 0 Å². The van der Waals surface area contributed by atoms with Crippen LogP contribution >= 0.6 is 15.9 Å². The Morgan fingerprint density at radius 3 is 2.54 bits per heavy atom. The minimum Gasteiger partial charge on any atom is -0.423 e. The van der Waals surface area contributed by atoms with E-state index in [1.165, 1.54) is 6.07 Å². The smallest absolute Gasteiger partial charge is 0.423 e. The first kappa shape index (κ1) is 10.3. The number of nitrogens with zero attached hydrogens (tertiary/aromatic N) is 1. The third-order valence-corrected chi connectivity index (χ3v) is 2.18. The third kappa shape index (κ3) is 2.10. The summed E-state index contributed by atoms with van der Waals surface area (Å²) in [5.41, 5.74) is 1.27. The summed E-state index contributed by atoms with van der Waals surface area (Å²) in [6.07, 6.45) is 0. The van der Waals surface area contributed by atoms with E-state index in [0.29, 0.717) is 5.56 Å². The van der Waals surface area contributed by atoms with Crippen LogP contribution < -0.4 is 5.46 Å². The molecule has 0 unspecified atom stereocenters. The topological polar surface area (TPSA) is 64.2 Å². The van der Waals surface area contributed by atoms with Crippen LogP contribution in [0.25, 0.3) is 0 Å². The molecule has 0 atom stereocenters. The lowest BCUT2D eigenvalue weighted by atomic mass is 9.76.